The first-order chi connectivity index (χ1) is 14.0. The molecule has 0 atom stereocenters. The molecule has 144 valence electrons. The van der Waals surface area contributed by atoms with Crippen molar-refractivity contribution in [2.24, 2.45) is 0 Å². The Hall–Kier alpha value is -4.54. The van der Waals surface area contributed by atoms with Crippen molar-refractivity contribution < 1.29 is 4.74 Å². The van der Waals surface area contributed by atoms with Crippen molar-refractivity contribution in [3.05, 3.63) is 48.5 Å². The van der Waals surface area contributed by atoms with Gasteiger partial charge in [0, 0.05) is 11.1 Å². The first kappa shape index (κ1) is 17.9. The number of hydrogen-bond acceptors (Lipinski definition) is 11. The van der Waals surface area contributed by atoms with Crippen LogP contribution in [0, 0.1) is 0 Å². The van der Waals surface area contributed by atoms with E-state index in [0.717, 1.165) is 11.1 Å². The second-order valence-corrected chi connectivity index (χ2v) is 5.90. The van der Waals surface area contributed by atoms with E-state index in [1.54, 1.807) is 48.5 Å². The number of nitrogen functional groups attached to an aromatic ring is 4. The van der Waals surface area contributed by atoms with Gasteiger partial charge in [-0.25, -0.2) is 0 Å². The van der Waals surface area contributed by atoms with Crippen LogP contribution < -0.4 is 27.7 Å². The fourth-order valence-electron chi connectivity index (χ4n) is 2.56. The molecular formula is C18H16N10O. The van der Waals surface area contributed by atoms with E-state index in [0.29, 0.717) is 23.1 Å². The van der Waals surface area contributed by atoms with Crippen LogP contribution in [0.5, 0.6) is 11.5 Å². The summed E-state index contributed by atoms with van der Waals surface area (Å²) in [6, 6.07) is 14.3. The number of hydrogen-bond donors (Lipinski definition) is 4. The maximum Gasteiger partial charge on any atom is 0.225 e. The molecule has 0 aliphatic carbocycles. The summed E-state index contributed by atoms with van der Waals surface area (Å²) in [4.78, 5) is 23.8. The summed E-state index contributed by atoms with van der Waals surface area (Å²) in [5.41, 5.74) is 23.9. The average molecular weight is 388 g/mol. The molecule has 0 fully saturated rings. The van der Waals surface area contributed by atoms with E-state index in [1.165, 1.54) is 0 Å². The van der Waals surface area contributed by atoms with Crippen LogP contribution in [-0.2, 0) is 0 Å². The number of nitrogens with zero attached hydrogens (tertiary/aromatic N) is 6. The Kier molecular flexibility index (Phi) is 4.45. The zero-order valence-electron chi connectivity index (χ0n) is 15.0. The molecule has 29 heavy (non-hydrogen) atoms. The van der Waals surface area contributed by atoms with Gasteiger partial charge in [-0.15, -0.1) is 0 Å². The highest BCUT2D eigenvalue weighted by atomic mass is 16.5. The quantitative estimate of drug-likeness (QED) is 0.396. The summed E-state index contributed by atoms with van der Waals surface area (Å²) >= 11 is 0. The largest absolute Gasteiger partial charge is 0.457 e. The van der Waals surface area contributed by atoms with Gasteiger partial charge in [0.15, 0.2) is 11.6 Å². The molecule has 0 saturated heterocycles. The number of rotatable bonds is 4. The highest BCUT2D eigenvalue weighted by molar-refractivity contribution is 5.60. The Balaban J connectivity index is 1.50. The van der Waals surface area contributed by atoms with Crippen molar-refractivity contribution in [1.29, 1.82) is 0 Å². The fourth-order valence-corrected chi connectivity index (χ4v) is 2.56. The predicted molar refractivity (Wildman–Crippen MR) is 108 cm³/mol. The number of anilines is 4. The Morgan fingerprint density at radius 1 is 0.448 bits per heavy atom. The van der Waals surface area contributed by atoms with Crippen LogP contribution in [0.25, 0.3) is 22.8 Å². The van der Waals surface area contributed by atoms with Crippen molar-refractivity contribution in [3.63, 3.8) is 0 Å². The minimum absolute atomic E-state index is 0.0644. The SMILES string of the molecule is Nc1nc(N)nc(-c2ccc(Oc3ccc(-c4nc(N)nc(N)n4)cc3)cc2)n1. The van der Waals surface area contributed by atoms with Gasteiger partial charge >= 0.3 is 0 Å². The lowest BCUT2D eigenvalue weighted by Crippen LogP contribution is -2.04. The van der Waals surface area contributed by atoms with Crippen molar-refractivity contribution in [2.75, 3.05) is 22.9 Å². The minimum Gasteiger partial charge on any atom is -0.457 e. The van der Waals surface area contributed by atoms with Crippen LogP contribution in [0.1, 0.15) is 0 Å². The number of aromatic nitrogens is 6. The Labute approximate surface area is 164 Å². The molecule has 2 heterocycles. The highest BCUT2D eigenvalue weighted by Gasteiger charge is 2.08. The van der Waals surface area contributed by atoms with Gasteiger partial charge in [0.25, 0.3) is 0 Å². The summed E-state index contributed by atoms with van der Waals surface area (Å²) in [5.74, 6) is 2.30. The van der Waals surface area contributed by atoms with Gasteiger partial charge in [0.2, 0.25) is 23.8 Å². The molecule has 0 aliphatic rings. The van der Waals surface area contributed by atoms with Gasteiger partial charge < -0.3 is 27.7 Å². The molecule has 2 aromatic heterocycles. The van der Waals surface area contributed by atoms with Crippen LogP contribution in [0.4, 0.5) is 23.8 Å². The fraction of sp³-hybridized carbons (Fsp3) is 0. The van der Waals surface area contributed by atoms with Gasteiger partial charge in [-0.3, -0.25) is 0 Å². The molecule has 0 bridgehead atoms. The molecule has 11 heteroatoms. The summed E-state index contributed by atoms with van der Waals surface area (Å²) < 4.78 is 5.85. The van der Waals surface area contributed by atoms with Gasteiger partial charge in [0.1, 0.15) is 11.5 Å². The monoisotopic (exact) mass is 388 g/mol. The third-order valence-corrected chi connectivity index (χ3v) is 3.80. The van der Waals surface area contributed by atoms with Gasteiger partial charge in [-0.1, -0.05) is 0 Å². The molecule has 4 aromatic rings. The molecule has 0 saturated carbocycles. The lowest BCUT2D eigenvalue weighted by molar-refractivity contribution is 0.483. The molecule has 0 amide bonds. The summed E-state index contributed by atoms with van der Waals surface area (Å²) in [6.07, 6.45) is 0. The van der Waals surface area contributed by atoms with Gasteiger partial charge in [0.05, 0.1) is 0 Å². The normalized spacial score (nSPS) is 10.6. The summed E-state index contributed by atoms with van der Waals surface area (Å²) in [6.45, 7) is 0. The van der Waals surface area contributed by atoms with E-state index >= 15 is 0 Å². The van der Waals surface area contributed by atoms with E-state index in [1.807, 2.05) is 0 Å². The maximum absolute atomic E-state index is 5.85. The van der Waals surface area contributed by atoms with Crippen molar-refractivity contribution in [1.82, 2.24) is 29.9 Å². The van der Waals surface area contributed by atoms with Crippen molar-refractivity contribution >= 4 is 23.8 Å². The molecular weight excluding hydrogens is 372 g/mol. The third kappa shape index (κ3) is 4.08. The van der Waals surface area contributed by atoms with Crippen LogP contribution in [0.2, 0.25) is 0 Å². The molecule has 4 rings (SSSR count). The van der Waals surface area contributed by atoms with Crippen LogP contribution in [0.15, 0.2) is 48.5 Å². The molecule has 2 aromatic carbocycles. The van der Waals surface area contributed by atoms with E-state index in [4.69, 9.17) is 27.7 Å². The van der Waals surface area contributed by atoms with Crippen molar-refractivity contribution in [2.45, 2.75) is 0 Å². The lowest BCUT2D eigenvalue weighted by Gasteiger charge is -2.08. The Bertz CT molecular complexity index is 1030. The second kappa shape index (κ2) is 7.23. The maximum atomic E-state index is 5.85. The van der Waals surface area contributed by atoms with E-state index in [2.05, 4.69) is 29.9 Å². The van der Waals surface area contributed by atoms with Crippen molar-refractivity contribution in [3.8, 4) is 34.3 Å². The Morgan fingerprint density at radius 2 is 0.759 bits per heavy atom. The average Bonchev–Trinajstić information content (AvgIpc) is 2.68. The standard InChI is InChI=1S/C18H16N10O/c19-15-23-13(24-16(20)27-15)9-1-5-11(6-2-9)29-12-7-3-10(4-8-12)14-25-17(21)28-18(22)26-14/h1-8H,(H4,19,20,23,24,27)(H4,21,22,25,26,28). The number of benzene rings is 2. The molecule has 0 spiro atoms. The van der Waals surface area contributed by atoms with Gasteiger partial charge in [-0.05, 0) is 48.5 Å². The molecule has 0 radical (unpaired) electrons. The van der Waals surface area contributed by atoms with Crippen LogP contribution in [0.3, 0.4) is 0 Å². The van der Waals surface area contributed by atoms with Gasteiger partial charge in [-0.2, -0.15) is 29.9 Å². The molecule has 0 unspecified atom stereocenters. The molecule has 0 aliphatic heterocycles. The first-order valence-corrected chi connectivity index (χ1v) is 8.39. The first-order valence-electron chi connectivity index (χ1n) is 8.39. The van der Waals surface area contributed by atoms with Crippen LogP contribution in [-0.4, -0.2) is 29.9 Å². The molecule has 8 N–H and O–H groups in total. The zero-order valence-corrected chi connectivity index (χ0v) is 15.0. The number of nitrogens with two attached hydrogens (primary N) is 4. The van der Waals surface area contributed by atoms with E-state index in [9.17, 15) is 0 Å². The smallest absolute Gasteiger partial charge is 0.225 e. The molecule has 11 nitrogen and oxygen atoms in total. The lowest BCUT2D eigenvalue weighted by atomic mass is 10.2. The highest BCUT2D eigenvalue weighted by Crippen LogP contribution is 2.26. The summed E-state index contributed by atoms with van der Waals surface area (Å²) in [5, 5.41) is 0. The Morgan fingerprint density at radius 3 is 1.07 bits per heavy atom. The van der Waals surface area contributed by atoms with E-state index in [-0.39, 0.29) is 23.8 Å². The second-order valence-electron chi connectivity index (χ2n) is 5.90. The van der Waals surface area contributed by atoms with Crippen LogP contribution >= 0.6 is 0 Å². The van der Waals surface area contributed by atoms with E-state index < -0.39 is 0 Å². The topological polar surface area (TPSA) is 191 Å². The number of ether oxygens (including phenoxy) is 1. The summed E-state index contributed by atoms with van der Waals surface area (Å²) in [7, 11) is 0. The minimum atomic E-state index is 0.0644. The predicted octanol–water partition coefficient (Wildman–Crippen LogP) is 1.51. The third-order valence-electron chi connectivity index (χ3n) is 3.80. The zero-order chi connectivity index (χ0) is 20.4.